The molecule has 26 heavy (non-hydrogen) atoms. The van der Waals surface area contributed by atoms with E-state index in [9.17, 15) is 9.59 Å². The topological polar surface area (TPSA) is 76.9 Å². The Morgan fingerprint density at radius 3 is 2.42 bits per heavy atom. The average molecular weight is 366 g/mol. The van der Waals surface area contributed by atoms with E-state index in [1.165, 1.54) is 18.7 Å². The lowest BCUT2D eigenvalue weighted by atomic mass is 10.1. The van der Waals surface area contributed by atoms with Gasteiger partial charge in [-0.1, -0.05) is 30.0 Å². The van der Waals surface area contributed by atoms with Crippen molar-refractivity contribution in [2.24, 2.45) is 0 Å². The lowest BCUT2D eigenvalue weighted by Crippen LogP contribution is -2.22. The van der Waals surface area contributed by atoms with E-state index in [-0.39, 0.29) is 16.9 Å². The number of Topliss-reactive ketones (excluding diaryl/α,β-unsaturated/α-hetero) is 1. The molecule has 2 aromatic carbocycles. The van der Waals surface area contributed by atoms with E-state index in [1.807, 2.05) is 41.8 Å². The van der Waals surface area contributed by atoms with Crippen molar-refractivity contribution in [1.29, 1.82) is 0 Å². The van der Waals surface area contributed by atoms with E-state index in [1.54, 1.807) is 30.6 Å². The fraction of sp³-hybridized carbons (Fsp3) is 0.158. The number of ketones is 1. The van der Waals surface area contributed by atoms with Crippen LogP contribution in [0.5, 0.6) is 0 Å². The summed E-state index contributed by atoms with van der Waals surface area (Å²) < 4.78 is 1.84. The summed E-state index contributed by atoms with van der Waals surface area (Å²) in [5.74, 6) is -0.153. The van der Waals surface area contributed by atoms with Crippen molar-refractivity contribution in [1.82, 2.24) is 14.8 Å². The maximum absolute atomic E-state index is 12.4. The van der Waals surface area contributed by atoms with Crippen molar-refractivity contribution >= 4 is 29.1 Å². The minimum atomic E-state index is -0.367. The summed E-state index contributed by atoms with van der Waals surface area (Å²) in [7, 11) is 0. The second kappa shape index (κ2) is 7.97. The fourth-order valence-electron chi connectivity index (χ4n) is 2.31. The van der Waals surface area contributed by atoms with Crippen LogP contribution in [-0.4, -0.2) is 31.7 Å². The molecule has 132 valence electrons. The van der Waals surface area contributed by atoms with Gasteiger partial charge in [0.05, 0.1) is 5.25 Å². The Morgan fingerprint density at radius 2 is 1.77 bits per heavy atom. The largest absolute Gasteiger partial charge is 0.325 e. The first-order valence-electron chi connectivity index (χ1n) is 8.08. The number of hydrogen-bond acceptors (Lipinski definition) is 5. The van der Waals surface area contributed by atoms with E-state index in [0.717, 1.165) is 5.69 Å². The highest BCUT2D eigenvalue weighted by atomic mass is 32.2. The van der Waals surface area contributed by atoms with Gasteiger partial charge in [-0.15, -0.1) is 10.2 Å². The second-order valence-corrected chi connectivity index (χ2v) is 7.01. The highest BCUT2D eigenvalue weighted by Gasteiger charge is 2.18. The van der Waals surface area contributed by atoms with Gasteiger partial charge in [0, 0.05) is 16.9 Å². The number of nitrogens with one attached hydrogen (secondary N) is 1. The summed E-state index contributed by atoms with van der Waals surface area (Å²) in [5, 5.41) is 11.2. The first-order chi connectivity index (χ1) is 12.5. The Labute approximate surface area is 155 Å². The molecule has 0 fully saturated rings. The SMILES string of the molecule is CC(=O)c1ccc(NC(=O)C(C)Sc2nncn2-c2ccccc2)cc1. The van der Waals surface area contributed by atoms with Crippen molar-refractivity contribution in [3.8, 4) is 5.69 Å². The van der Waals surface area contributed by atoms with E-state index >= 15 is 0 Å². The third-order valence-corrected chi connectivity index (χ3v) is 4.82. The third-order valence-electron chi connectivity index (χ3n) is 3.76. The van der Waals surface area contributed by atoms with Crippen LogP contribution < -0.4 is 5.32 Å². The summed E-state index contributed by atoms with van der Waals surface area (Å²) in [6.45, 7) is 3.32. The number of carbonyl (C=O) groups is 2. The number of benzene rings is 2. The summed E-state index contributed by atoms with van der Waals surface area (Å²) in [6.07, 6.45) is 1.63. The molecule has 0 bridgehead atoms. The number of aromatic nitrogens is 3. The van der Waals surface area contributed by atoms with Crippen LogP contribution in [0.25, 0.3) is 5.69 Å². The Kier molecular flexibility index (Phi) is 5.48. The van der Waals surface area contributed by atoms with E-state index in [0.29, 0.717) is 16.4 Å². The fourth-order valence-corrected chi connectivity index (χ4v) is 3.16. The number of thioether (sulfide) groups is 1. The standard InChI is InChI=1S/C19H18N4O2S/c1-13(24)15-8-10-16(11-9-15)21-18(25)14(2)26-19-22-20-12-23(19)17-6-4-3-5-7-17/h3-12,14H,1-2H3,(H,21,25). The van der Waals surface area contributed by atoms with Crippen molar-refractivity contribution < 1.29 is 9.59 Å². The molecule has 0 saturated carbocycles. The van der Waals surface area contributed by atoms with Crippen LogP contribution in [0, 0.1) is 0 Å². The lowest BCUT2D eigenvalue weighted by Gasteiger charge is -2.12. The van der Waals surface area contributed by atoms with Crippen molar-refractivity contribution in [2.75, 3.05) is 5.32 Å². The minimum absolute atomic E-state index is 0.00736. The first-order valence-corrected chi connectivity index (χ1v) is 8.96. The Bertz CT molecular complexity index is 907. The third kappa shape index (κ3) is 4.18. The van der Waals surface area contributed by atoms with Crippen LogP contribution in [0.4, 0.5) is 5.69 Å². The van der Waals surface area contributed by atoms with Gasteiger partial charge in [0.2, 0.25) is 5.91 Å². The van der Waals surface area contributed by atoms with Gasteiger partial charge in [-0.3, -0.25) is 14.2 Å². The molecular formula is C19H18N4O2S. The maximum Gasteiger partial charge on any atom is 0.237 e. The Balaban J connectivity index is 1.67. The van der Waals surface area contributed by atoms with E-state index in [4.69, 9.17) is 0 Å². The van der Waals surface area contributed by atoms with Crippen LogP contribution in [0.1, 0.15) is 24.2 Å². The summed E-state index contributed by atoms with van der Waals surface area (Å²) >= 11 is 1.33. The van der Waals surface area contributed by atoms with Crippen LogP contribution in [0.15, 0.2) is 66.1 Å². The van der Waals surface area contributed by atoms with Crippen LogP contribution in [0.2, 0.25) is 0 Å². The molecule has 0 saturated heterocycles. The zero-order chi connectivity index (χ0) is 18.5. The summed E-state index contributed by atoms with van der Waals surface area (Å²) in [4.78, 5) is 23.8. The molecule has 1 aromatic heterocycles. The van der Waals surface area contributed by atoms with Crippen LogP contribution in [-0.2, 0) is 4.79 Å². The first kappa shape index (κ1) is 17.9. The number of rotatable bonds is 6. The molecule has 1 atom stereocenters. The molecule has 0 spiro atoms. The monoisotopic (exact) mass is 366 g/mol. The van der Waals surface area contributed by atoms with Crippen molar-refractivity contribution in [3.63, 3.8) is 0 Å². The maximum atomic E-state index is 12.4. The van der Waals surface area contributed by atoms with Crippen LogP contribution in [0.3, 0.4) is 0 Å². The highest BCUT2D eigenvalue weighted by Crippen LogP contribution is 2.24. The normalized spacial score (nSPS) is 11.8. The van der Waals surface area contributed by atoms with Gasteiger partial charge in [-0.05, 0) is 50.2 Å². The quantitative estimate of drug-likeness (QED) is 0.533. The smallest absolute Gasteiger partial charge is 0.237 e. The van der Waals surface area contributed by atoms with Gasteiger partial charge in [0.25, 0.3) is 0 Å². The highest BCUT2D eigenvalue weighted by molar-refractivity contribution is 8.00. The molecule has 1 unspecified atom stereocenters. The molecule has 1 N–H and O–H groups in total. The van der Waals surface area contributed by atoms with Gasteiger partial charge >= 0.3 is 0 Å². The minimum Gasteiger partial charge on any atom is -0.325 e. The molecule has 1 amide bonds. The summed E-state index contributed by atoms with van der Waals surface area (Å²) in [5.41, 5.74) is 2.20. The Hall–Kier alpha value is -2.93. The molecule has 3 rings (SSSR count). The van der Waals surface area contributed by atoms with Crippen LogP contribution >= 0.6 is 11.8 Å². The van der Waals surface area contributed by atoms with Crippen molar-refractivity contribution in [2.45, 2.75) is 24.3 Å². The van der Waals surface area contributed by atoms with Gasteiger partial charge in [0.1, 0.15) is 6.33 Å². The predicted octanol–water partition coefficient (Wildman–Crippen LogP) is 3.59. The zero-order valence-electron chi connectivity index (χ0n) is 14.4. The molecule has 0 aliphatic carbocycles. The predicted molar refractivity (Wildman–Crippen MR) is 102 cm³/mol. The summed E-state index contributed by atoms with van der Waals surface area (Å²) in [6, 6.07) is 16.5. The van der Waals surface area contributed by atoms with Gasteiger partial charge in [0.15, 0.2) is 10.9 Å². The van der Waals surface area contributed by atoms with Gasteiger partial charge in [-0.25, -0.2) is 0 Å². The Morgan fingerprint density at radius 1 is 1.08 bits per heavy atom. The van der Waals surface area contributed by atoms with Gasteiger partial charge < -0.3 is 5.32 Å². The molecule has 6 nitrogen and oxygen atoms in total. The average Bonchev–Trinajstić information content (AvgIpc) is 3.11. The molecule has 1 heterocycles. The van der Waals surface area contributed by atoms with E-state index < -0.39 is 0 Å². The molecule has 0 radical (unpaired) electrons. The number of amides is 1. The molecule has 3 aromatic rings. The van der Waals surface area contributed by atoms with Crippen molar-refractivity contribution in [3.05, 3.63) is 66.5 Å². The lowest BCUT2D eigenvalue weighted by molar-refractivity contribution is -0.115. The van der Waals surface area contributed by atoms with Gasteiger partial charge in [-0.2, -0.15) is 0 Å². The number of hydrogen-bond donors (Lipinski definition) is 1. The molecule has 7 heteroatoms. The second-order valence-electron chi connectivity index (χ2n) is 5.70. The van der Waals surface area contributed by atoms with E-state index in [2.05, 4.69) is 15.5 Å². The molecule has 0 aliphatic rings. The number of para-hydroxylation sites is 1. The number of nitrogens with zero attached hydrogens (tertiary/aromatic N) is 3. The molecular weight excluding hydrogens is 348 g/mol. The number of anilines is 1. The zero-order valence-corrected chi connectivity index (χ0v) is 15.2. The molecule has 0 aliphatic heterocycles. The number of carbonyl (C=O) groups excluding carboxylic acids is 2.